The Kier molecular flexibility index (Phi) is 3.50. The molecule has 0 spiro atoms. The van der Waals surface area contributed by atoms with E-state index in [0.29, 0.717) is 5.56 Å². The molecule has 6 nitrogen and oxygen atoms in total. The van der Waals surface area contributed by atoms with Crippen LogP contribution in [0.15, 0.2) is 24.3 Å². The lowest BCUT2D eigenvalue weighted by atomic mass is 10.1. The molecule has 1 saturated heterocycles. The van der Waals surface area contributed by atoms with Crippen LogP contribution in [0, 0.1) is 6.92 Å². The fourth-order valence-electron chi connectivity index (χ4n) is 1.69. The van der Waals surface area contributed by atoms with Crippen LogP contribution in [0.25, 0.3) is 0 Å². The molecule has 100 valence electrons. The lowest BCUT2D eigenvalue weighted by Gasteiger charge is -2.35. The number of β-lactam (4-membered cyclic amide) rings is 1. The number of hydrogen-bond acceptors (Lipinski definition) is 4. The molecule has 1 aromatic rings. The molecule has 0 aliphatic carbocycles. The van der Waals surface area contributed by atoms with E-state index in [1.807, 2.05) is 19.1 Å². The Balaban J connectivity index is 1.90. The van der Waals surface area contributed by atoms with Crippen LogP contribution in [-0.2, 0) is 14.4 Å². The second-order valence-electron chi connectivity index (χ2n) is 4.37. The van der Waals surface area contributed by atoms with Crippen LogP contribution in [0.3, 0.4) is 0 Å². The summed E-state index contributed by atoms with van der Waals surface area (Å²) in [5, 5.41) is 3.52. The molecule has 1 heterocycles. The fraction of sp³-hybridized carbons (Fsp3) is 0.308. The highest BCUT2D eigenvalue weighted by Gasteiger charge is 2.40. The first-order valence-electron chi connectivity index (χ1n) is 5.85. The number of carbonyl (C=O) groups excluding carboxylic acids is 3. The molecule has 2 amide bonds. The van der Waals surface area contributed by atoms with E-state index in [2.05, 4.69) is 10.2 Å². The van der Waals surface area contributed by atoms with E-state index in [1.165, 1.54) is 6.92 Å². The van der Waals surface area contributed by atoms with Crippen LogP contribution in [0.2, 0.25) is 0 Å². The van der Waals surface area contributed by atoms with Crippen molar-refractivity contribution in [1.82, 2.24) is 10.4 Å². The van der Waals surface area contributed by atoms with E-state index >= 15 is 0 Å². The third kappa shape index (κ3) is 2.90. The summed E-state index contributed by atoms with van der Waals surface area (Å²) in [6.07, 6.45) is 0. The van der Waals surface area contributed by atoms with Gasteiger partial charge in [0.05, 0.1) is 6.54 Å². The maximum Gasteiger partial charge on any atom is 0.329 e. The minimum absolute atomic E-state index is 0.177. The van der Waals surface area contributed by atoms with Crippen LogP contribution in [-0.4, -0.2) is 35.4 Å². The number of nitrogens with one attached hydrogen (secondary N) is 1. The molecule has 1 aliphatic heterocycles. The summed E-state index contributed by atoms with van der Waals surface area (Å²) in [4.78, 5) is 38.7. The lowest BCUT2D eigenvalue weighted by Crippen LogP contribution is -2.63. The van der Waals surface area contributed by atoms with Gasteiger partial charge in [-0.2, -0.15) is 5.06 Å². The summed E-state index contributed by atoms with van der Waals surface area (Å²) in [5.41, 5.74) is 1.54. The van der Waals surface area contributed by atoms with Gasteiger partial charge in [-0.3, -0.25) is 14.4 Å². The second kappa shape index (κ2) is 5.09. The standard InChI is InChI=1S/C13H14N2O4/c1-8-3-5-10(6-4-8)12(17)14-11-7-15(13(11)18)19-9(2)16/h3-6,11H,7H2,1-2H3,(H,14,17). The summed E-state index contributed by atoms with van der Waals surface area (Å²) in [7, 11) is 0. The minimum Gasteiger partial charge on any atom is -0.338 e. The second-order valence-corrected chi connectivity index (χ2v) is 4.37. The molecule has 6 heteroatoms. The summed E-state index contributed by atoms with van der Waals surface area (Å²) in [6, 6.07) is 6.40. The maximum atomic E-state index is 11.8. The number of nitrogens with zero attached hydrogens (tertiary/aromatic N) is 1. The molecule has 1 unspecified atom stereocenters. The number of hydroxylamine groups is 2. The van der Waals surface area contributed by atoms with Crippen LogP contribution in [0.5, 0.6) is 0 Å². The van der Waals surface area contributed by atoms with Crippen molar-refractivity contribution in [3.8, 4) is 0 Å². The fourth-order valence-corrected chi connectivity index (χ4v) is 1.69. The molecule has 0 radical (unpaired) electrons. The van der Waals surface area contributed by atoms with Gasteiger partial charge in [0.1, 0.15) is 6.04 Å². The number of benzene rings is 1. The van der Waals surface area contributed by atoms with Crippen LogP contribution in [0.1, 0.15) is 22.8 Å². The van der Waals surface area contributed by atoms with Gasteiger partial charge < -0.3 is 10.2 Å². The average molecular weight is 262 g/mol. The smallest absolute Gasteiger partial charge is 0.329 e. The topological polar surface area (TPSA) is 75.7 Å². The summed E-state index contributed by atoms with van der Waals surface area (Å²) in [5.74, 6) is -1.30. The van der Waals surface area contributed by atoms with E-state index in [4.69, 9.17) is 0 Å². The highest BCUT2D eigenvalue weighted by Crippen LogP contribution is 2.12. The molecule has 1 atom stereocenters. The van der Waals surface area contributed by atoms with Crippen molar-refractivity contribution >= 4 is 17.8 Å². The highest BCUT2D eigenvalue weighted by molar-refractivity contribution is 5.99. The Morgan fingerprint density at radius 2 is 1.95 bits per heavy atom. The molecule has 0 saturated carbocycles. The van der Waals surface area contributed by atoms with E-state index < -0.39 is 17.9 Å². The quantitative estimate of drug-likeness (QED) is 0.801. The molecule has 1 aliphatic rings. The summed E-state index contributed by atoms with van der Waals surface area (Å²) in [6.45, 7) is 3.32. The van der Waals surface area contributed by atoms with Crippen molar-refractivity contribution in [2.24, 2.45) is 0 Å². The molecule has 0 bridgehead atoms. The van der Waals surface area contributed by atoms with Gasteiger partial charge in [0.2, 0.25) is 0 Å². The van der Waals surface area contributed by atoms with E-state index in [0.717, 1.165) is 10.6 Å². The normalized spacial score (nSPS) is 17.7. The largest absolute Gasteiger partial charge is 0.338 e. The Morgan fingerprint density at radius 3 is 2.47 bits per heavy atom. The van der Waals surface area contributed by atoms with Crippen molar-refractivity contribution in [3.63, 3.8) is 0 Å². The number of rotatable bonds is 3. The Hall–Kier alpha value is -2.37. The van der Waals surface area contributed by atoms with Gasteiger partial charge in [0, 0.05) is 12.5 Å². The molecule has 1 fully saturated rings. The van der Waals surface area contributed by atoms with E-state index in [1.54, 1.807) is 12.1 Å². The predicted molar refractivity (Wildman–Crippen MR) is 65.9 cm³/mol. The number of amides is 2. The number of hydrogen-bond donors (Lipinski definition) is 1. The monoisotopic (exact) mass is 262 g/mol. The van der Waals surface area contributed by atoms with Crippen molar-refractivity contribution in [2.45, 2.75) is 19.9 Å². The van der Waals surface area contributed by atoms with Gasteiger partial charge in [-0.05, 0) is 19.1 Å². The SMILES string of the molecule is CC(=O)ON1CC(NC(=O)c2ccc(C)cc2)C1=O. The Morgan fingerprint density at radius 1 is 1.32 bits per heavy atom. The molecule has 0 aromatic heterocycles. The van der Waals surface area contributed by atoms with Crippen LogP contribution < -0.4 is 5.32 Å². The molecular weight excluding hydrogens is 248 g/mol. The van der Waals surface area contributed by atoms with Crippen LogP contribution >= 0.6 is 0 Å². The lowest BCUT2D eigenvalue weighted by molar-refractivity contribution is -0.214. The van der Waals surface area contributed by atoms with E-state index in [9.17, 15) is 14.4 Å². The minimum atomic E-state index is -0.631. The molecule has 1 aromatic carbocycles. The van der Waals surface area contributed by atoms with Gasteiger partial charge in [-0.15, -0.1) is 0 Å². The molecular formula is C13H14N2O4. The first-order valence-corrected chi connectivity index (χ1v) is 5.85. The third-order valence-electron chi connectivity index (χ3n) is 2.75. The Labute approximate surface area is 110 Å². The van der Waals surface area contributed by atoms with Gasteiger partial charge in [0.25, 0.3) is 11.8 Å². The average Bonchev–Trinajstić information content (AvgIpc) is 2.37. The van der Waals surface area contributed by atoms with Gasteiger partial charge in [-0.25, -0.2) is 0 Å². The first kappa shape index (κ1) is 13.1. The third-order valence-corrected chi connectivity index (χ3v) is 2.75. The van der Waals surface area contributed by atoms with Crippen LogP contribution in [0.4, 0.5) is 0 Å². The highest BCUT2D eigenvalue weighted by atomic mass is 16.7. The van der Waals surface area contributed by atoms with Gasteiger partial charge >= 0.3 is 5.97 Å². The van der Waals surface area contributed by atoms with Crippen molar-refractivity contribution < 1.29 is 19.2 Å². The molecule has 1 N–H and O–H groups in total. The first-order chi connectivity index (χ1) is 8.97. The van der Waals surface area contributed by atoms with Crippen molar-refractivity contribution in [2.75, 3.05) is 6.54 Å². The molecule has 19 heavy (non-hydrogen) atoms. The predicted octanol–water partition coefficient (Wildman–Crippen LogP) is 0.414. The van der Waals surface area contributed by atoms with Gasteiger partial charge in [-0.1, -0.05) is 17.7 Å². The number of aryl methyl sites for hydroxylation is 1. The summed E-state index contributed by atoms with van der Waals surface area (Å²) >= 11 is 0. The maximum absolute atomic E-state index is 11.8. The van der Waals surface area contributed by atoms with Crippen molar-refractivity contribution in [1.29, 1.82) is 0 Å². The van der Waals surface area contributed by atoms with Crippen molar-refractivity contribution in [3.05, 3.63) is 35.4 Å². The van der Waals surface area contributed by atoms with E-state index in [-0.39, 0.29) is 12.5 Å². The molecule has 2 rings (SSSR count). The zero-order chi connectivity index (χ0) is 14.0. The summed E-state index contributed by atoms with van der Waals surface area (Å²) < 4.78 is 0. The number of carbonyl (C=O) groups is 3. The van der Waals surface area contributed by atoms with Gasteiger partial charge in [0.15, 0.2) is 0 Å². The zero-order valence-corrected chi connectivity index (χ0v) is 10.7. The zero-order valence-electron chi connectivity index (χ0n) is 10.7. The Bertz CT molecular complexity index is 524.